The van der Waals surface area contributed by atoms with Crippen molar-refractivity contribution in [3.05, 3.63) is 89.2 Å². The Morgan fingerprint density at radius 1 is 0.897 bits per heavy atom. The van der Waals surface area contributed by atoms with E-state index in [4.69, 9.17) is 9.47 Å². The Kier molecular flexibility index (Phi) is 5.77. The molecule has 0 amide bonds. The second-order valence-corrected chi connectivity index (χ2v) is 7.07. The lowest BCUT2D eigenvalue weighted by molar-refractivity contribution is 0.284. The Balaban J connectivity index is 1.35. The van der Waals surface area contributed by atoms with Crippen LogP contribution in [0, 0.1) is 6.92 Å². The van der Waals surface area contributed by atoms with Gasteiger partial charge >= 0.3 is 0 Å². The maximum atomic E-state index is 5.97. The van der Waals surface area contributed by atoms with Crippen molar-refractivity contribution >= 4 is 11.0 Å². The van der Waals surface area contributed by atoms with Crippen molar-refractivity contribution in [1.29, 1.82) is 0 Å². The Morgan fingerprint density at radius 2 is 1.79 bits per heavy atom. The summed E-state index contributed by atoms with van der Waals surface area (Å²) in [5.41, 5.74) is 5.54. The van der Waals surface area contributed by atoms with Crippen LogP contribution in [0.2, 0.25) is 0 Å². The Hall–Kier alpha value is -3.31. The molecule has 4 aromatic rings. The molecule has 0 fully saturated rings. The molecule has 0 bridgehead atoms. The van der Waals surface area contributed by atoms with Gasteiger partial charge in [0.2, 0.25) is 0 Å². The highest BCUT2D eigenvalue weighted by atomic mass is 16.5. The van der Waals surface area contributed by atoms with Crippen molar-refractivity contribution in [3.63, 3.8) is 0 Å². The number of H-pyrrole nitrogens is 1. The van der Waals surface area contributed by atoms with Crippen molar-refractivity contribution in [2.24, 2.45) is 0 Å². The molecule has 0 atom stereocenters. The molecule has 0 aliphatic carbocycles. The molecule has 0 saturated carbocycles. The second-order valence-electron chi connectivity index (χ2n) is 7.07. The monoisotopic (exact) mass is 387 g/mol. The average Bonchev–Trinajstić information content (AvgIpc) is 3.15. The molecule has 0 aliphatic heterocycles. The first kappa shape index (κ1) is 19.0. The van der Waals surface area contributed by atoms with Crippen LogP contribution in [0.5, 0.6) is 11.5 Å². The number of aryl methyl sites for hydroxylation is 1. The number of fused-ring (bicyclic) bond motifs is 1. The summed E-state index contributed by atoms with van der Waals surface area (Å²) in [5, 5.41) is 3.42. The van der Waals surface area contributed by atoms with Gasteiger partial charge in [0.1, 0.15) is 12.4 Å². The number of aromatic amines is 1. The highest BCUT2D eigenvalue weighted by molar-refractivity contribution is 5.74. The number of imidazole rings is 1. The molecule has 0 unspecified atom stereocenters. The molecule has 0 saturated heterocycles. The molecule has 4 rings (SSSR count). The van der Waals surface area contributed by atoms with Crippen LogP contribution in [0.15, 0.2) is 66.7 Å². The minimum absolute atomic E-state index is 0.516. The van der Waals surface area contributed by atoms with E-state index in [1.807, 2.05) is 42.5 Å². The highest BCUT2D eigenvalue weighted by Crippen LogP contribution is 2.29. The van der Waals surface area contributed by atoms with E-state index in [0.717, 1.165) is 39.5 Å². The number of nitrogens with zero attached hydrogens (tertiary/aromatic N) is 1. The van der Waals surface area contributed by atoms with E-state index >= 15 is 0 Å². The van der Waals surface area contributed by atoms with Crippen LogP contribution in [-0.2, 0) is 19.7 Å². The standard InChI is InChI=1S/C24H25N3O2/c1-17-6-5-7-19(12-17)16-29-22-11-10-18(13-23(22)28-2)14-25-15-24-26-20-8-3-4-9-21(20)27-24/h3-13,25H,14-16H2,1-2H3,(H,26,27). The van der Waals surface area contributed by atoms with E-state index in [2.05, 4.69) is 46.5 Å². The fourth-order valence-electron chi connectivity index (χ4n) is 3.32. The van der Waals surface area contributed by atoms with Crippen LogP contribution in [0.3, 0.4) is 0 Å². The lowest BCUT2D eigenvalue weighted by Crippen LogP contribution is -2.13. The number of rotatable bonds is 8. The molecule has 1 heterocycles. The van der Waals surface area contributed by atoms with Gasteiger partial charge in [-0.25, -0.2) is 4.98 Å². The van der Waals surface area contributed by atoms with E-state index < -0.39 is 0 Å². The van der Waals surface area contributed by atoms with Gasteiger partial charge in [0, 0.05) is 6.54 Å². The average molecular weight is 387 g/mol. The van der Waals surface area contributed by atoms with Crippen molar-refractivity contribution in [2.45, 2.75) is 26.6 Å². The van der Waals surface area contributed by atoms with Gasteiger partial charge in [-0.15, -0.1) is 0 Å². The highest BCUT2D eigenvalue weighted by Gasteiger charge is 2.07. The molecule has 0 spiro atoms. The number of benzene rings is 3. The third-order valence-electron chi connectivity index (χ3n) is 4.76. The summed E-state index contributed by atoms with van der Waals surface area (Å²) in [6.07, 6.45) is 0. The molecular weight excluding hydrogens is 362 g/mol. The van der Waals surface area contributed by atoms with Gasteiger partial charge in [0.25, 0.3) is 0 Å². The maximum Gasteiger partial charge on any atom is 0.161 e. The molecule has 5 heteroatoms. The molecule has 5 nitrogen and oxygen atoms in total. The number of methoxy groups -OCH3 is 1. The first-order valence-corrected chi connectivity index (χ1v) is 9.71. The Labute approximate surface area is 170 Å². The van der Waals surface area contributed by atoms with E-state index in [9.17, 15) is 0 Å². The quantitative estimate of drug-likeness (QED) is 0.458. The fourth-order valence-corrected chi connectivity index (χ4v) is 3.32. The topological polar surface area (TPSA) is 59.2 Å². The predicted octanol–water partition coefficient (Wildman–Crippen LogP) is 4.75. The van der Waals surface area contributed by atoms with Crippen LogP contribution in [0.4, 0.5) is 0 Å². The summed E-state index contributed by atoms with van der Waals surface area (Å²) in [6, 6.07) is 22.4. The molecule has 29 heavy (non-hydrogen) atoms. The van der Waals surface area contributed by atoms with Crippen molar-refractivity contribution in [1.82, 2.24) is 15.3 Å². The Bertz CT molecular complexity index is 1070. The van der Waals surface area contributed by atoms with Gasteiger partial charge < -0.3 is 19.8 Å². The van der Waals surface area contributed by atoms with Gasteiger partial charge in [-0.05, 0) is 42.3 Å². The molecule has 3 aromatic carbocycles. The normalized spacial score (nSPS) is 11.0. The number of ether oxygens (including phenoxy) is 2. The first-order valence-electron chi connectivity index (χ1n) is 9.71. The van der Waals surface area contributed by atoms with E-state index in [-0.39, 0.29) is 0 Å². The van der Waals surface area contributed by atoms with Crippen LogP contribution in [0.1, 0.15) is 22.5 Å². The number of nitrogens with one attached hydrogen (secondary N) is 2. The minimum atomic E-state index is 0.516. The van der Waals surface area contributed by atoms with Crippen molar-refractivity contribution in [2.75, 3.05) is 7.11 Å². The van der Waals surface area contributed by atoms with Gasteiger partial charge in [0.15, 0.2) is 11.5 Å². The number of hydrogen-bond acceptors (Lipinski definition) is 4. The fraction of sp³-hybridized carbons (Fsp3) is 0.208. The lowest BCUT2D eigenvalue weighted by Gasteiger charge is -2.13. The smallest absolute Gasteiger partial charge is 0.161 e. The maximum absolute atomic E-state index is 5.97. The SMILES string of the molecule is COc1cc(CNCc2nc3ccccc3[nH]2)ccc1OCc1cccc(C)c1. The molecule has 148 valence electrons. The number of aromatic nitrogens is 2. The summed E-state index contributed by atoms with van der Waals surface area (Å²) in [5.74, 6) is 2.41. The molecule has 1 aromatic heterocycles. The van der Waals surface area contributed by atoms with Gasteiger partial charge in [-0.3, -0.25) is 0 Å². The zero-order valence-electron chi connectivity index (χ0n) is 16.7. The van der Waals surface area contributed by atoms with E-state index in [1.54, 1.807) is 7.11 Å². The molecule has 2 N–H and O–H groups in total. The van der Waals surface area contributed by atoms with E-state index in [1.165, 1.54) is 5.56 Å². The lowest BCUT2D eigenvalue weighted by atomic mass is 10.1. The summed E-state index contributed by atoms with van der Waals surface area (Å²) < 4.78 is 11.5. The van der Waals surface area contributed by atoms with Crippen LogP contribution < -0.4 is 14.8 Å². The second kappa shape index (κ2) is 8.80. The third kappa shape index (κ3) is 4.76. The summed E-state index contributed by atoms with van der Waals surface area (Å²) >= 11 is 0. The predicted molar refractivity (Wildman–Crippen MR) is 115 cm³/mol. The van der Waals surface area contributed by atoms with Crippen LogP contribution >= 0.6 is 0 Å². The Morgan fingerprint density at radius 3 is 2.62 bits per heavy atom. The van der Waals surface area contributed by atoms with Gasteiger partial charge in [0.05, 0.1) is 24.7 Å². The van der Waals surface area contributed by atoms with Gasteiger partial charge in [-0.2, -0.15) is 0 Å². The number of para-hydroxylation sites is 2. The van der Waals surface area contributed by atoms with Crippen LogP contribution in [-0.4, -0.2) is 17.1 Å². The van der Waals surface area contributed by atoms with Crippen LogP contribution in [0.25, 0.3) is 11.0 Å². The van der Waals surface area contributed by atoms with Crippen molar-refractivity contribution in [3.8, 4) is 11.5 Å². The zero-order chi connectivity index (χ0) is 20.1. The molecule has 0 aliphatic rings. The largest absolute Gasteiger partial charge is 0.493 e. The van der Waals surface area contributed by atoms with E-state index in [0.29, 0.717) is 19.7 Å². The molecular formula is C24H25N3O2. The third-order valence-corrected chi connectivity index (χ3v) is 4.76. The first-order chi connectivity index (χ1) is 14.2. The van der Waals surface area contributed by atoms with Crippen molar-refractivity contribution < 1.29 is 9.47 Å². The number of hydrogen-bond donors (Lipinski definition) is 2. The zero-order valence-corrected chi connectivity index (χ0v) is 16.7. The molecule has 0 radical (unpaired) electrons. The van der Waals surface area contributed by atoms with Gasteiger partial charge in [-0.1, -0.05) is 48.0 Å². The summed E-state index contributed by atoms with van der Waals surface area (Å²) in [7, 11) is 1.67. The summed E-state index contributed by atoms with van der Waals surface area (Å²) in [6.45, 7) is 3.98. The summed E-state index contributed by atoms with van der Waals surface area (Å²) in [4.78, 5) is 7.92. The minimum Gasteiger partial charge on any atom is -0.493 e.